The second kappa shape index (κ2) is 7.14. The van der Waals surface area contributed by atoms with E-state index in [0.717, 1.165) is 27.4 Å². The Morgan fingerprint density at radius 2 is 2.00 bits per heavy atom. The van der Waals surface area contributed by atoms with Crippen molar-refractivity contribution in [2.45, 2.75) is 31.5 Å². The molecule has 4 rings (SSSR count). The lowest BCUT2D eigenvalue weighted by atomic mass is 10.2. The molecule has 5 nitrogen and oxygen atoms in total. The molecule has 1 saturated carbocycles. The van der Waals surface area contributed by atoms with Gasteiger partial charge in [-0.3, -0.25) is 14.5 Å². The number of anilines is 1. The third-order valence-electron chi connectivity index (χ3n) is 4.45. The van der Waals surface area contributed by atoms with E-state index in [2.05, 4.69) is 47.3 Å². The lowest BCUT2D eigenvalue weighted by molar-refractivity contribution is -0.142. The monoisotopic (exact) mass is 516 g/mol. The maximum Gasteiger partial charge on any atom is 0.436 e. The highest BCUT2D eigenvalue weighted by Gasteiger charge is 2.41. The van der Waals surface area contributed by atoms with Crippen LogP contribution in [0.1, 0.15) is 30.1 Å². The summed E-state index contributed by atoms with van der Waals surface area (Å²) in [5.41, 5.74) is 0.489. The van der Waals surface area contributed by atoms with Gasteiger partial charge >= 0.3 is 6.18 Å². The molecule has 0 radical (unpaired) electrons. The number of rotatable bonds is 4. The largest absolute Gasteiger partial charge is 0.436 e. The number of amides is 1. The first-order chi connectivity index (χ1) is 13.3. The Labute approximate surface area is 174 Å². The van der Waals surface area contributed by atoms with Crippen LogP contribution in [0.15, 0.2) is 39.4 Å². The van der Waals surface area contributed by atoms with Gasteiger partial charge in [-0.25, -0.2) is 0 Å². The summed E-state index contributed by atoms with van der Waals surface area (Å²) in [6, 6.07) is 7.11. The molecule has 2 heterocycles. The van der Waals surface area contributed by atoms with Crippen molar-refractivity contribution in [2.75, 3.05) is 5.32 Å². The molecule has 3 aromatic rings. The molecule has 28 heavy (non-hydrogen) atoms. The average molecular weight is 518 g/mol. The predicted octanol–water partition coefficient (Wildman–Crippen LogP) is 5.49. The molecule has 0 bridgehead atoms. The van der Waals surface area contributed by atoms with E-state index in [9.17, 15) is 18.0 Å². The Bertz CT molecular complexity index is 1080. The molecule has 1 aliphatic carbocycles. The van der Waals surface area contributed by atoms with E-state index in [1.54, 1.807) is 24.4 Å². The third kappa shape index (κ3) is 3.67. The molecule has 1 amide bonds. The van der Waals surface area contributed by atoms with E-state index in [1.165, 1.54) is 0 Å². The quantitative estimate of drug-likeness (QED) is 0.497. The minimum Gasteiger partial charge on any atom is -0.323 e. The molecule has 1 aromatic carbocycles. The van der Waals surface area contributed by atoms with Crippen molar-refractivity contribution in [1.29, 1.82) is 0 Å². The minimum atomic E-state index is -4.59. The van der Waals surface area contributed by atoms with Crippen molar-refractivity contribution in [3.63, 3.8) is 0 Å². The fraction of sp³-hybridized carbons (Fsp3) is 0.278. The predicted molar refractivity (Wildman–Crippen MR) is 105 cm³/mol. The van der Waals surface area contributed by atoms with Gasteiger partial charge in [0.1, 0.15) is 6.54 Å². The molecule has 146 valence electrons. The van der Waals surface area contributed by atoms with Crippen molar-refractivity contribution in [3.05, 3.63) is 50.8 Å². The number of hydrogen-bond acceptors (Lipinski definition) is 3. The molecule has 0 spiro atoms. The van der Waals surface area contributed by atoms with Crippen LogP contribution in [0.3, 0.4) is 0 Å². The molecule has 2 aromatic heterocycles. The summed E-state index contributed by atoms with van der Waals surface area (Å²) in [6.45, 7) is -0.315. The Kier molecular flexibility index (Phi) is 4.95. The van der Waals surface area contributed by atoms with Gasteiger partial charge in [-0.1, -0.05) is 22.0 Å². The fourth-order valence-electron chi connectivity index (χ4n) is 3.07. The topological polar surface area (TPSA) is 59.8 Å². The Balaban J connectivity index is 1.63. The maximum absolute atomic E-state index is 13.2. The number of nitrogens with one attached hydrogen (secondary N) is 1. The first kappa shape index (κ1) is 19.4. The van der Waals surface area contributed by atoms with Crippen molar-refractivity contribution in [1.82, 2.24) is 14.8 Å². The highest BCUT2D eigenvalue weighted by molar-refractivity contribution is 9.11. The highest BCUT2D eigenvalue weighted by atomic mass is 79.9. The molecule has 0 saturated heterocycles. The van der Waals surface area contributed by atoms with Gasteiger partial charge in [0.05, 0.1) is 21.4 Å². The number of pyridine rings is 1. The highest BCUT2D eigenvalue weighted by Crippen LogP contribution is 2.47. The summed E-state index contributed by atoms with van der Waals surface area (Å²) >= 11 is 6.46. The van der Waals surface area contributed by atoms with Gasteiger partial charge in [0, 0.05) is 22.0 Å². The van der Waals surface area contributed by atoms with Gasteiger partial charge in [-0.2, -0.15) is 18.3 Å². The second-order valence-electron chi connectivity index (χ2n) is 6.52. The number of benzene rings is 1. The first-order valence-electron chi connectivity index (χ1n) is 8.42. The Morgan fingerprint density at radius 3 is 2.68 bits per heavy atom. The van der Waals surface area contributed by atoms with Crippen molar-refractivity contribution >= 4 is 54.4 Å². The zero-order valence-electron chi connectivity index (χ0n) is 14.2. The fourth-order valence-corrected chi connectivity index (χ4v) is 4.35. The van der Waals surface area contributed by atoms with Gasteiger partial charge < -0.3 is 5.32 Å². The summed E-state index contributed by atoms with van der Waals surface area (Å²) in [6.07, 6.45) is -1.42. The van der Waals surface area contributed by atoms with E-state index < -0.39 is 17.8 Å². The minimum absolute atomic E-state index is 0.0130. The molecule has 1 fully saturated rings. The van der Waals surface area contributed by atoms with Gasteiger partial charge in [0.25, 0.3) is 0 Å². The number of alkyl halides is 3. The van der Waals surface area contributed by atoms with Crippen molar-refractivity contribution in [3.8, 4) is 0 Å². The van der Waals surface area contributed by atoms with Crippen LogP contribution >= 0.6 is 31.9 Å². The van der Waals surface area contributed by atoms with Crippen LogP contribution in [0.4, 0.5) is 18.9 Å². The zero-order chi connectivity index (χ0) is 20.1. The van der Waals surface area contributed by atoms with Crippen LogP contribution in [0.5, 0.6) is 0 Å². The number of carbonyl (C=O) groups is 1. The van der Waals surface area contributed by atoms with Crippen LogP contribution in [0, 0.1) is 0 Å². The van der Waals surface area contributed by atoms with Crippen LogP contribution in [0.25, 0.3) is 10.9 Å². The smallest absolute Gasteiger partial charge is 0.323 e. The number of carbonyl (C=O) groups excluding carboxylic acids is 1. The van der Waals surface area contributed by atoms with Crippen LogP contribution < -0.4 is 5.32 Å². The maximum atomic E-state index is 13.2. The summed E-state index contributed by atoms with van der Waals surface area (Å²) in [7, 11) is 0. The lowest BCUT2D eigenvalue weighted by Gasteiger charge is -2.11. The van der Waals surface area contributed by atoms with E-state index in [4.69, 9.17) is 0 Å². The Morgan fingerprint density at radius 1 is 1.25 bits per heavy atom. The van der Waals surface area contributed by atoms with Crippen LogP contribution in [-0.4, -0.2) is 20.7 Å². The van der Waals surface area contributed by atoms with Gasteiger partial charge in [-0.15, -0.1) is 0 Å². The number of aromatic nitrogens is 3. The molecular formula is C18H13Br2F3N4O. The third-order valence-corrected chi connectivity index (χ3v) is 5.92. The summed E-state index contributed by atoms with van der Waals surface area (Å²) in [5.74, 6) is -0.485. The molecule has 1 aliphatic rings. The number of hydrogen-bond donors (Lipinski definition) is 1. The van der Waals surface area contributed by atoms with Crippen molar-refractivity contribution < 1.29 is 18.0 Å². The normalized spacial score (nSPS) is 14.5. The average Bonchev–Trinajstić information content (AvgIpc) is 3.41. The molecule has 1 N–H and O–H groups in total. The molecular weight excluding hydrogens is 505 g/mol. The Hall–Kier alpha value is -1.94. The number of halogens is 5. The summed E-state index contributed by atoms with van der Waals surface area (Å²) in [5, 5.41) is 7.22. The molecule has 0 aliphatic heterocycles. The lowest BCUT2D eigenvalue weighted by Crippen LogP contribution is -2.21. The van der Waals surface area contributed by atoms with Gasteiger partial charge in [0.2, 0.25) is 5.91 Å². The standard InChI is InChI=1S/C18H13Br2F3N4O/c19-11-5-6-12(15-10(11)2-1-7-24-15)25-13(28)8-27-16(9-3-4-9)14(20)17(26-27)18(21,22)23/h1-2,5-7,9H,3-4,8H2,(H,25,28). The number of fused-ring (bicyclic) bond motifs is 1. The second-order valence-corrected chi connectivity index (χ2v) is 8.17. The summed E-state index contributed by atoms with van der Waals surface area (Å²) < 4.78 is 41.5. The van der Waals surface area contributed by atoms with Crippen molar-refractivity contribution in [2.24, 2.45) is 0 Å². The molecule has 10 heteroatoms. The summed E-state index contributed by atoms with van der Waals surface area (Å²) in [4.78, 5) is 16.9. The van der Waals surface area contributed by atoms with Crippen LogP contribution in [0.2, 0.25) is 0 Å². The zero-order valence-corrected chi connectivity index (χ0v) is 17.4. The number of nitrogens with zero attached hydrogens (tertiary/aromatic N) is 3. The van der Waals surface area contributed by atoms with E-state index in [1.807, 2.05) is 6.07 Å². The molecule has 0 unspecified atom stereocenters. The van der Waals surface area contributed by atoms with Gasteiger partial charge in [0.15, 0.2) is 5.69 Å². The first-order valence-corrected chi connectivity index (χ1v) is 10.0. The van der Waals surface area contributed by atoms with E-state index >= 15 is 0 Å². The van der Waals surface area contributed by atoms with Gasteiger partial charge in [-0.05, 0) is 47.0 Å². The van der Waals surface area contributed by atoms with E-state index in [0.29, 0.717) is 16.9 Å². The molecule has 0 atom stereocenters. The SMILES string of the molecule is O=C(Cn1nc(C(F)(F)F)c(Br)c1C1CC1)Nc1ccc(Br)c2cccnc12. The van der Waals surface area contributed by atoms with E-state index in [-0.39, 0.29) is 16.9 Å². The van der Waals surface area contributed by atoms with Crippen LogP contribution in [-0.2, 0) is 17.5 Å².